The number of nitrogens with two attached hydrogens (primary N) is 1. The number of hydrogen-bond acceptors (Lipinski definition) is 2. The third-order valence-corrected chi connectivity index (χ3v) is 0.969. The summed E-state index contributed by atoms with van der Waals surface area (Å²) in [5.41, 5.74) is 7.83. The Balaban J connectivity index is 3.57. The number of nitrogens with one attached hydrogen (secondary N) is 1. The molecule has 0 aromatic rings. The predicted octanol–water partition coefficient (Wildman–Crippen LogP) is 0.831. The standard InChI is InChI=1S/C6H13N3O/c1-3-4-5(2)8-9-6(7)10/h3-4H2,1-2H3,(H3,7,9,10). The van der Waals surface area contributed by atoms with Gasteiger partial charge in [0.1, 0.15) is 0 Å². The van der Waals surface area contributed by atoms with Gasteiger partial charge in [0.15, 0.2) is 0 Å². The largest absolute Gasteiger partial charge is 0.350 e. The number of primary amides is 1. The van der Waals surface area contributed by atoms with Crippen molar-refractivity contribution in [2.45, 2.75) is 26.7 Å². The molecule has 58 valence electrons. The molecule has 4 heteroatoms. The zero-order chi connectivity index (χ0) is 7.98. The Morgan fingerprint density at radius 2 is 2.30 bits per heavy atom. The molecule has 0 aromatic heterocycles. The Kier molecular flexibility index (Phi) is 4.28. The summed E-state index contributed by atoms with van der Waals surface area (Å²) < 4.78 is 0. The third-order valence-electron chi connectivity index (χ3n) is 0.969. The SMILES string of the molecule is CCCC(C)=NNC(N)=O. The molecule has 0 fully saturated rings. The Bertz CT molecular complexity index is 142. The lowest BCUT2D eigenvalue weighted by Crippen LogP contribution is -2.25. The van der Waals surface area contributed by atoms with Crippen molar-refractivity contribution in [3.63, 3.8) is 0 Å². The van der Waals surface area contributed by atoms with Crippen LogP contribution in [0.1, 0.15) is 26.7 Å². The second kappa shape index (κ2) is 4.78. The van der Waals surface area contributed by atoms with Crippen LogP contribution in [-0.2, 0) is 0 Å². The molecule has 4 nitrogen and oxygen atoms in total. The highest BCUT2D eigenvalue weighted by Gasteiger charge is 1.89. The number of hydrazone groups is 1. The summed E-state index contributed by atoms with van der Waals surface area (Å²) >= 11 is 0. The van der Waals surface area contributed by atoms with E-state index in [1.165, 1.54) is 0 Å². The van der Waals surface area contributed by atoms with E-state index in [2.05, 4.69) is 10.5 Å². The summed E-state index contributed by atoms with van der Waals surface area (Å²) in [6.45, 7) is 3.89. The normalized spacial score (nSPS) is 11.2. The lowest BCUT2D eigenvalue weighted by molar-refractivity contribution is 0.249. The summed E-state index contributed by atoms with van der Waals surface area (Å²) in [7, 11) is 0. The quantitative estimate of drug-likeness (QED) is 0.446. The van der Waals surface area contributed by atoms with Gasteiger partial charge in [-0.15, -0.1) is 0 Å². The Morgan fingerprint density at radius 1 is 1.70 bits per heavy atom. The molecular weight excluding hydrogens is 130 g/mol. The van der Waals surface area contributed by atoms with Crippen molar-refractivity contribution in [2.24, 2.45) is 10.8 Å². The first-order valence-corrected chi connectivity index (χ1v) is 3.25. The highest BCUT2D eigenvalue weighted by atomic mass is 16.2. The third kappa shape index (κ3) is 5.08. The molecule has 10 heavy (non-hydrogen) atoms. The van der Waals surface area contributed by atoms with E-state index in [1.807, 2.05) is 13.8 Å². The lowest BCUT2D eigenvalue weighted by Gasteiger charge is -1.95. The lowest BCUT2D eigenvalue weighted by atomic mass is 10.2. The van der Waals surface area contributed by atoms with Gasteiger partial charge < -0.3 is 5.73 Å². The maximum absolute atomic E-state index is 10.1. The fourth-order valence-corrected chi connectivity index (χ4v) is 0.568. The molecule has 0 bridgehead atoms. The molecule has 0 unspecified atom stereocenters. The van der Waals surface area contributed by atoms with Crippen LogP contribution in [0.2, 0.25) is 0 Å². The zero-order valence-electron chi connectivity index (χ0n) is 6.35. The van der Waals surface area contributed by atoms with Crippen LogP contribution in [-0.4, -0.2) is 11.7 Å². The first-order valence-electron chi connectivity index (χ1n) is 3.25. The van der Waals surface area contributed by atoms with Crippen molar-refractivity contribution in [1.82, 2.24) is 5.43 Å². The fourth-order valence-electron chi connectivity index (χ4n) is 0.568. The summed E-state index contributed by atoms with van der Waals surface area (Å²) in [6, 6.07) is -0.615. The molecule has 0 saturated heterocycles. The van der Waals surface area contributed by atoms with E-state index < -0.39 is 6.03 Å². The minimum Gasteiger partial charge on any atom is -0.350 e. The molecule has 0 aliphatic carbocycles. The number of urea groups is 1. The molecule has 0 aromatic carbocycles. The number of nitrogens with zero attached hydrogens (tertiary/aromatic N) is 1. The zero-order valence-corrected chi connectivity index (χ0v) is 6.35. The van der Waals surface area contributed by atoms with Crippen LogP contribution < -0.4 is 11.2 Å². The first kappa shape index (κ1) is 8.94. The monoisotopic (exact) mass is 143 g/mol. The van der Waals surface area contributed by atoms with E-state index in [0.717, 1.165) is 18.6 Å². The van der Waals surface area contributed by atoms with E-state index in [-0.39, 0.29) is 0 Å². The molecule has 0 heterocycles. The van der Waals surface area contributed by atoms with Gasteiger partial charge in [-0.3, -0.25) is 0 Å². The average Bonchev–Trinajstić information content (AvgIpc) is 1.85. The second-order valence-electron chi connectivity index (χ2n) is 2.07. The molecule has 2 amide bonds. The number of carbonyl (C=O) groups excluding carboxylic acids is 1. The number of amides is 2. The van der Waals surface area contributed by atoms with Crippen molar-refractivity contribution < 1.29 is 4.79 Å². The Labute approximate surface area is 60.5 Å². The second-order valence-corrected chi connectivity index (χ2v) is 2.07. The smallest absolute Gasteiger partial charge is 0.332 e. The van der Waals surface area contributed by atoms with Gasteiger partial charge in [-0.05, 0) is 13.3 Å². The highest BCUT2D eigenvalue weighted by Crippen LogP contribution is 1.88. The molecule has 0 rings (SSSR count). The van der Waals surface area contributed by atoms with Gasteiger partial charge in [0.05, 0.1) is 0 Å². The van der Waals surface area contributed by atoms with Crippen LogP contribution in [0.5, 0.6) is 0 Å². The van der Waals surface area contributed by atoms with Crippen LogP contribution in [0.25, 0.3) is 0 Å². The average molecular weight is 143 g/mol. The first-order chi connectivity index (χ1) is 4.66. The van der Waals surface area contributed by atoms with E-state index in [9.17, 15) is 4.79 Å². The molecule has 0 spiro atoms. The maximum Gasteiger partial charge on any atom is 0.332 e. The van der Waals surface area contributed by atoms with Crippen molar-refractivity contribution in [3.8, 4) is 0 Å². The van der Waals surface area contributed by atoms with Crippen molar-refractivity contribution in [2.75, 3.05) is 0 Å². The van der Waals surface area contributed by atoms with Crippen molar-refractivity contribution in [3.05, 3.63) is 0 Å². The number of hydrogen-bond donors (Lipinski definition) is 2. The van der Waals surface area contributed by atoms with Gasteiger partial charge in [0.25, 0.3) is 0 Å². The van der Waals surface area contributed by atoms with Crippen LogP contribution >= 0.6 is 0 Å². The van der Waals surface area contributed by atoms with Crippen LogP contribution in [0, 0.1) is 0 Å². The highest BCUT2D eigenvalue weighted by molar-refractivity contribution is 5.83. The molecule has 0 aliphatic rings. The maximum atomic E-state index is 10.1. The molecule has 3 N–H and O–H groups in total. The minimum absolute atomic E-state index is 0.615. The Hall–Kier alpha value is -1.06. The van der Waals surface area contributed by atoms with E-state index in [4.69, 9.17) is 5.73 Å². The summed E-state index contributed by atoms with van der Waals surface area (Å²) in [6.07, 6.45) is 1.91. The van der Waals surface area contributed by atoms with Gasteiger partial charge >= 0.3 is 6.03 Å². The van der Waals surface area contributed by atoms with Crippen LogP contribution in [0.3, 0.4) is 0 Å². The van der Waals surface area contributed by atoms with E-state index >= 15 is 0 Å². The molecular formula is C6H13N3O. The fraction of sp³-hybridized carbons (Fsp3) is 0.667. The van der Waals surface area contributed by atoms with Gasteiger partial charge in [-0.1, -0.05) is 13.3 Å². The summed E-state index contributed by atoms with van der Waals surface area (Å²) in [4.78, 5) is 10.1. The summed E-state index contributed by atoms with van der Waals surface area (Å²) in [5, 5.41) is 3.71. The van der Waals surface area contributed by atoms with Gasteiger partial charge in [0, 0.05) is 5.71 Å². The van der Waals surface area contributed by atoms with E-state index in [1.54, 1.807) is 0 Å². The number of carbonyl (C=O) groups is 1. The van der Waals surface area contributed by atoms with Crippen molar-refractivity contribution >= 4 is 11.7 Å². The molecule has 0 atom stereocenters. The van der Waals surface area contributed by atoms with Crippen molar-refractivity contribution in [1.29, 1.82) is 0 Å². The number of rotatable bonds is 3. The topological polar surface area (TPSA) is 67.5 Å². The minimum atomic E-state index is -0.615. The Morgan fingerprint density at radius 3 is 2.70 bits per heavy atom. The predicted molar refractivity (Wildman–Crippen MR) is 40.7 cm³/mol. The molecule has 0 saturated carbocycles. The molecule has 0 aliphatic heterocycles. The summed E-state index contributed by atoms with van der Waals surface area (Å²) in [5.74, 6) is 0. The van der Waals surface area contributed by atoms with E-state index in [0.29, 0.717) is 0 Å². The van der Waals surface area contributed by atoms with Crippen LogP contribution in [0.4, 0.5) is 4.79 Å². The van der Waals surface area contributed by atoms with Gasteiger partial charge in [-0.25, -0.2) is 10.2 Å². The van der Waals surface area contributed by atoms with Gasteiger partial charge in [0.2, 0.25) is 0 Å². The molecule has 0 radical (unpaired) electrons. The van der Waals surface area contributed by atoms with Crippen LogP contribution in [0.15, 0.2) is 5.10 Å². The van der Waals surface area contributed by atoms with Gasteiger partial charge in [-0.2, -0.15) is 5.10 Å².